The van der Waals surface area contributed by atoms with Gasteiger partial charge in [-0.3, -0.25) is 0 Å². The van der Waals surface area contributed by atoms with Crippen molar-refractivity contribution in [3.8, 4) is 0 Å². The number of ether oxygens (including phenoxy) is 1. The molecule has 0 amide bonds. The molecule has 1 rings (SSSR count). The molecule has 0 atom stereocenters. The predicted molar refractivity (Wildman–Crippen MR) is 61.0 cm³/mol. The van der Waals surface area contributed by atoms with Crippen molar-refractivity contribution >= 4 is 11.3 Å². The highest BCUT2D eigenvalue weighted by molar-refractivity contribution is 7.09. The van der Waals surface area contributed by atoms with Crippen molar-refractivity contribution in [2.75, 3.05) is 13.7 Å². The summed E-state index contributed by atoms with van der Waals surface area (Å²) >= 11 is 1.76. The maximum atomic E-state index is 5.01. The Balaban J connectivity index is 2.51. The lowest BCUT2D eigenvalue weighted by Gasteiger charge is -2.14. The lowest BCUT2D eigenvalue weighted by Crippen LogP contribution is -2.11. The van der Waals surface area contributed by atoms with Gasteiger partial charge in [-0.1, -0.05) is 20.8 Å². The zero-order valence-electron chi connectivity index (χ0n) is 9.46. The number of thiazole rings is 1. The largest absolute Gasteiger partial charge is 0.385 e. The molecule has 0 aliphatic carbocycles. The Kier molecular flexibility index (Phi) is 4.08. The lowest BCUT2D eigenvalue weighted by molar-refractivity contribution is 0.195. The van der Waals surface area contributed by atoms with E-state index < -0.39 is 0 Å². The highest BCUT2D eigenvalue weighted by Crippen LogP contribution is 2.24. The van der Waals surface area contributed by atoms with Crippen molar-refractivity contribution in [3.63, 3.8) is 0 Å². The second-order valence-electron chi connectivity index (χ2n) is 4.47. The van der Waals surface area contributed by atoms with E-state index in [9.17, 15) is 0 Å². The molecule has 0 aliphatic rings. The van der Waals surface area contributed by atoms with Gasteiger partial charge in [-0.25, -0.2) is 4.98 Å². The summed E-state index contributed by atoms with van der Waals surface area (Å²) in [4.78, 5) is 4.62. The molecule has 0 radical (unpaired) electrons. The number of nitrogens with zero attached hydrogens (tertiary/aromatic N) is 1. The van der Waals surface area contributed by atoms with E-state index >= 15 is 0 Å². The first-order valence-corrected chi connectivity index (χ1v) is 5.86. The molecule has 0 aliphatic heterocycles. The molecule has 1 heterocycles. The minimum Gasteiger partial charge on any atom is -0.385 e. The van der Waals surface area contributed by atoms with E-state index in [1.54, 1.807) is 18.4 Å². The van der Waals surface area contributed by atoms with E-state index in [4.69, 9.17) is 4.74 Å². The molecule has 80 valence electrons. The van der Waals surface area contributed by atoms with E-state index in [1.165, 1.54) is 10.7 Å². The van der Waals surface area contributed by atoms with Crippen molar-refractivity contribution in [2.24, 2.45) is 0 Å². The van der Waals surface area contributed by atoms with Crippen LogP contribution in [-0.4, -0.2) is 18.7 Å². The normalized spacial score (nSPS) is 12.0. The van der Waals surface area contributed by atoms with Gasteiger partial charge in [0.2, 0.25) is 0 Å². The Morgan fingerprint density at radius 2 is 2.14 bits per heavy atom. The topological polar surface area (TPSA) is 22.1 Å². The van der Waals surface area contributed by atoms with Gasteiger partial charge in [-0.05, 0) is 6.42 Å². The van der Waals surface area contributed by atoms with Crippen LogP contribution >= 0.6 is 11.3 Å². The molecule has 0 unspecified atom stereocenters. The summed E-state index contributed by atoms with van der Waals surface area (Å²) in [7, 11) is 1.74. The minimum absolute atomic E-state index is 0.177. The summed E-state index contributed by atoms with van der Waals surface area (Å²) in [6.45, 7) is 7.41. The molecule has 14 heavy (non-hydrogen) atoms. The Morgan fingerprint density at radius 3 is 2.64 bits per heavy atom. The van der Waals surface area contributed by atoms with E-state index in [2.05, 4.69) is 31.1 Å². The third-order valence-electron chi connectivity index (χ3n) is 2.06. The molecule has 3 heteroatoms. The average Bonchev–Trinajstić information content (AvgIpc) is 2.52. The third kappa shape index (κ3) is 3.39. The van der Waals surface area contributed by atoms with Crippen LogP contribution in [0.4, 0.5) is 0 Å². The van der Waals surface area contributed by atoms with Gasteiger partial charge in [0, 0.05) is 30.9 Å². The summed E-state index contributed by atoms with van der Waals surface area (Å²) in [6, 6.07) is 0. The Morgan fingerprint density at radius 1 is 1.43 bits per heavy atom. The number of rotatable bonds is 4. The smallest absolute Gasteiger partial charge is 0.0929 e. The number of hydrogen-bond acceptors (Lipinski definition) is 3. The van der Waals surface area contributed by atoms with Crippen molar-refractivity contribution in [2.45, 2.75) is 39.0 Å². The summed E-state index contributed by atoms with van der Waals surface area (Å²) in [5.74, 6) is 0. The summed E-state index contributed by atoms with van der Waals surface area (Å²) in [5, 5.41) is 3.40. The molecule has 0 N–H and O–H groups in total. The SMILES string of the molecule is COCCCc1nc(C(C)(C)C)cs1. The van der Waals surface area contributed by atoms with Crippen LogP contribution in [-0.2, 0) is 16.6 Å². The first-order chi connectivity index (χ1) is 6.54. The zero-order valence-corrected chi connectivity index (χ0v) is 10.3. The number of aryl methyl sites for hydroxylation is 1. The zero-order chi connectivity index (χ0) is 10.6. The third-order valence-corrected chi connectivity index (χ3v) is 2.97. The second kappa shape index (κ2) is 4.89. The van der Waals surface area contributed by atoms with Crippen LogP contribution in [0.2, 0.25) is 0 Å². The van der Waals surface area contributed by atoms with Gasteiger partial charge in [0.1, 0.15) is 0 Å². The highest BCUT2D eigenvalue weighted by Gasteiger charge is 2.16. The van der Waals surface area contributed by atoms with Gasteiger partial charge < -0.3 is 4.74 Å². The molecule has 0 aromatic carbocycles. The molecule has 0 saturated heterocycles. The first-order valence-electron chi connectivity index (χ1n) is 4.98. The number of hydrogen-bond donors (Lipinski definition) is 0. The van der Waals surface area contributed by atoms with Crippen LogP contribution < -0.4 is 0 Å². The van der Waals surface area contributed by atoms with Gasteiger partial charge in [0.05, 0.1) is 10.7 Å². The van der Waals surface area contributed by atoms with Gasteiger partial charge >= 0.3 is 0 Å². The minimum atomic E-state index is 0.177. The highest BCUT2D eigenvalue weighted by atomic mass is 32.1. The predicted octanol–water partition coefficient (Wildman–Crippen LogP) is 3.02. The maximum Gasteiger partial charge on any atom is 0.0929 e. The Hall–Kier alpha value is -0.410. The van der Waals surface area contributed by atoms with Crippen LogP contribution in [0.15, 0.2) is 5.38 Å². The quantitative estimate of drug-likeness (QED) is 0.717. The van der Waals surface area contributed by atoms with Gasteiger partial charge in [0.15, 0.2) is 0 Å². The molecule has 1 aromatic heterocycles. The fourth-order valence-electron chi connectivity index (χ4n) is 1.14. The molecule has 1 aromatic rings. The Labute approximate surface area is 90.3 Å². The molecule has 2 nitrogen and oxygen atoms in total. The summed E-state index contributed by atoms with van der Waals surface area (Å²) < 4.78 is 5.01. The van der Waals surface area contributed by atoms with Crippen LogP contribution in [0.1, 0.15) is 37.9 Å². The molecule has 0 bridgehead atoms. The van der Waals surface area contributed by atoms with Gasteiger partial charge in [-0.2, -0.15) is 0 Å². The fourth-order valence-corrected chi connectivity index (χ4v) is 2.21. The van der Waals surface area contributed by atoms with Crippen LogP contribution in [0.3, 0.4) is 0 Å². The lowest BCUT2D eigenvalue weighted by atomic mass is 9.93. The van der Waals surface area contributed by atoms with Gasteiger partial charge in [0.25, 0.3) is 0 Å². The van der Waals surface area contributed by atoms with Crippen molar-refractivity contribution in [1.82, 2.24) is 4.98 Å². The average molecular weight is 213 g/mol. The molecule has 0 saturated carbocycles. The van der Waals surface area contributed by atoms with Crippen molar-refractivity contribution in [3.05, 3.63) is 16.1 Å². The monoisotopic (exact) mass is 213 g/mol. The van der Waals surface area contributed by atoms with E-state index in [0.29, 0.717) is 0 Å². The Bertz CT molecular complexity index is 275. The van der Waals surface area contributed by atoms with E-state index in [-0.39, 0.29) is 5.41 Å². The van der Waals surface area contributed by atoms with Crippen LogP contribution in [0.25, 0.3) is 0 Å². The summed E-state index contributed by atoms with van der Waals surface area (Å²) in [6.07, 6.45) is 2.10. The number of methoxy groups -OCH3 is 1. The van der Waals surface area contributed by atoms with E-state index in [0.717, 1.165) is 19.4 Å². The van der Waals surface area contributed by atoms with Crippen LogP contribution in [0, 0.1) is 0 Å². The standard InChI is InChI=1S/C11H19NOS/c1-11(2,3)9-8-14-10(12-9)6-5-7-13-4/h8H,5-7H2,1-4H3. The van der Waals surface area contributed by atoms with Crippen LogP contribution in [0.5, 0.6) is 0 Å². The fraction of sp³-hybridized carbons (Fsp3) is 0.727. The second-order valence-corrected chi connectivity index (χ2v) is 5.42. The van der Waals surface area contributed by atoms with Crippen molar-refractivity contribution < 1.29 is 4.74 Å². The van der Waals surface area contributed by atoms with Gasteiger partial charge in [-0.15, -0.1) is 11.3 Å². The molecular weight excluding hydrogens is 194 g/mol. The first kappa shape index (κ1) is 11.7. The summed E-state index contributed by atoms with van der Waals surface area (Å²) in [5.41, 5.74) is 1.38. The maximum absolute atomic E-state index is 5.01. The number of aromatic nitrogens is 1. The molecule has 0 spiro atoms. The van der Waals surface area contributed by atoms with E-state index in [1.807, 2.05) is 0 Å². The van der Waals surface area contributed by atoms with Crippen molar-refractivity contribution in [1.29, 1.82) is 0 Å². The molecule has 0 fully saturated rings. The molecular formula is C11H19NOS.